The number of hydrogen-bond donors (Lipinski definition) is 1. The average molecular weight is 518 g/mol. The molecule has 9 nitrogen and oxygen atoms in total. The molecule has 1 heterocycles. The number of hydrogen-bond acceptors (Lipinski definition) is 6. The predicted octanol–water partition coefficient (Wildman–Crippen LogP) is 2.96. The summed E-state index contributed by atoms with van der Waals surface area (Å²) in [6.45, 7) is 3.12. The molecule has 0 aliphatic heterocycles. The van der Waals surface area contributed by atoms with E-state index in [0.717, 1.165) is 11.1 Å². The summed E-state index contributed by atoms with van der Waals surface area (Å²) >= 11 is 0. The van der Waals surface area contributed by atoms with Crippen LogP contribution < -0.4 is 26.0 Å². The molecule has 0 radical (unpaired) electrons. The number of rotatable bonds is 10. The van der Waals surface area contributed by atoms with Crippen LogP contribution in [-0.2, 0) is 17.8 Å². The summed E-state index contributed by atoms with van der Waals surface area (Å²) < 4.78 is 18.6. The number of methoxy groups -OCH3 is 3. The summed E-state index contributed by atoms with van der Waals surface area (Å²) in [6, 6.07) is 17.9. The highest BCUT2D eigenvalue weighted by atomic mass is 16.5. The average Bonchev–Trinajstić information content (AvgIpc) is 2.93. The highest BCUT2D eigenvalue weighted by Gasteiger charge is 2.18. The monoisotopic (exact) mass is 517 g/mol. The first-order valence-electron chi connectivity index (χ1n) is 12.2. The second-order valence-electron chi connectivity index (χ2n) is 8.92. The topological polar surface area (TPSA) is 101 Å². The normalized spacial score (nSPS) is 10.9. The number of nitrogens with zero attached hydrogens (tertiary/aromatic N) is 2. The van der Waals surface area contributed by atoms with Crippen molar-refractivity contribution in [1.82, 2.24) is 14.5 Å². The van der Waals surface area contributed by atoms with E-state index < -0.39 is 11.2 Å². The van der Waals surface area contributed by atoms with Gasteiger partial charge in [-0.05, 0) is 36.2 Å². The summed E-state index contributed by atoms with van der Waals surface area (Å²) in [5.41, 5.74) is 2.75. The second kappa shape index (κ2) is 11.8. The van der Waals surface area contributed by atoms with Gasteiger partial charge >= 0.3 is 5.69 Å². The lowest BCUT2D eigenvalue weighted by molar-refractivity contribution is 0.0937. The van der Waals surface area contributed by atoms with Gasteiger partial charge in [0.15, 0.2) is 11.5 Å². The van der Waals surface area contributed by atoms with Crippen LogP contribution in [0.2, 0.25) is 0 Å². The van der Waals surface area contributed by atoms with Gasteiger partial charge < -0.3 is 19.5 Å². The molecular weight excluding hydrogens is 486 g/mol. The SMILES string of the molecule is COCCNC(=O)c1ccc(Cn2c(=O)c3cc(OC)c(OC)cc3n(Cc3cccc(C)c3)c2=O)cc1. The van der Waals surface area contributed by atoms with Crippen LogP contribution in [0.3, 0.4) is 0 Å². The molecule has 4 rings (SSSR count). The van der Waals surface area contributed by atoms with E-state index in [9.17, 15) is 14.4 Å². The van der Waals surface area contributed by atoms with Crippen LogP contribution in [0, 0.1) is 6.92 Å². The summed E-state index contributed by atoms with van der Waals surface area (Å²) in [6.07, 6.45) is 0. The molecule has 4 aromatic rings. The van der Waals surface area contributed by atoms with Crippen molar-refractivity contribution < 1.29 is 19.0 Å². The third-order valence-electron chi connectivity index (χ3n) is 6.30. The molecule has 3 aromatic carbocycles. The summed E-state index contributed by atoms with van der Waals surface area (Å²) in [5, 5.41) is 3.10. The van der Waals surface area contributed by atoms with Gasteiger partial charge in [0.05, 0.1) is 44.8 Å². The molecule has 1 N–H and O–H groups in total. The summed E-state index contributed by atoms with van der Waals surface area (Å²) in [7, 11) is 4.57. The molecule has 0 aliphatic rings. The van der Waals surface area contributed by atoms with Crippen molar-refractivity contribution in [2.75, 3.05) is 34.5 Å². The lowest BCUT2D eigenvalue weighted by Crippen LogP contribution is -2.40. The standard InChI is InChI=1S/C29H31N3O6/c1-19-6-5-7-21(14-19)18-31-24-16-26(38-4)25(37-3)15-23(24)28(34)32(29(31)35)17-20-8-10-22(11-9-20)27(33)30-12-13-36-2/h5-11,14-16H,12-13,17-18H2,1-4H3,(H,30,33). The molecule has 0 atom stereocenters. The zero-order valence-corrected chi connectivity index (χ0v) is 21.9. The Morgan fingerprint density at radius 3 is 2.18 bits per heavy atom. The van der Waals surface area contributed by atoms with Crippen molar-refractivity contribution in [1.29, 1.82) is 0 Å². The number of nitrogens with one attached hydrogen (secondary N) is 1. The first-order chi connectivity index (χ1) is 18.4. The van der Waals surface area contributed by atoms with Gasteiger partial charge in [-0.2, -0.15) is 0 Å². The zero-order chi connectivity index (χ0) is 27.2. The fourth-order valence-electron chi connectivity index (χ4n) is 4.34. The van der Waals surface area contributed by atoms with Crippen LogP contribution in [0.5, 0.6) is 11.5 Å². The molecule has 38 heavy (non-hydrogen) atoms. The van der Waals surface area contributed by atoms with Gasteiger partial charge in [0.2, 0.25) is 0 Å². The van der Waals surface area contributed by atoms with Gasteiger partial charge in [0.25, 0.3) is 11.5 Å². The van der Waals surface area contributed by atoms with E-state index in [1.54, 1.807) is 48.1 Å². The van der Waals surface area contributed by atoms with E-state index in [0.29, 0.717) is 46.7 Å². The molecule has 0 bridgehead atoms. The Labute approximate surface area is 220 Å². The minimum Gasteiger partial charge on any atom is -0.493 e. The zero-order valence-electron chi connectivity index (χ0n) is 21.9. The molecule has 0 saturated heterocycles. The van der Waals surface area contributed by atoms with Crippen molar-refractivity contribution in [3.8, 4) is 11.5 Å². The van der Waals surface area contributed by atoms with E-state index in [1.165, 1.54) is 18.8 Å². The maximum absolute atomic E-state index is 13.8. The number of benzene rings is 3. The highest BCUT2D eigenvalue weighted by molar-refractivity contribution is 5.94. The van der Waals surface area contributed by atoms with E-state index in [-0.39, 0.29) is 19.0 Å². The fourth-order valence-corrected chi connectivity index (χ4v) is 4.34. The van der Waals surface area contributed by atoms with Crippen LogP contribution in [0.25, 0.3) is 10.9 Å². The van der Waals surface area contributed by atoms with Crippen LogP contribution in [-0.4, -0.2) is 49.5 Å². The van der Waals surface area contributed by atoms with Crippen molar-refractivity contribution in [3.05, 3.63) is 104 Å². The molecule has 1 amide bonds. The Morgan fingerprint density at radius 2 is 1.53 bits per heavy atom. The lowest BCUT2D eigenvalue weighted by atomic mass is 10.1. The molecule has 0 fully saturated rings. The number of amides is 1. The van der Waals surface area contributed by atoms with Crippen molar-refractivity contribution in [2.45, 2.75) is 20.0 Å². The van der Waals surface area contributed by atoms with E-state index in [2.05, 4.69) is 5.32 Å². The van der Waals surface area contributed by atoms with Crippen molar-refractivity contribution in [2.24, 2.45) is 0 Å². The number of carbonyl (C=O) groups is 1. The van der Waals surface area contributed by atoms with Crippen LogP contribution >= 0.6 is 0 Å². The van der Waals surface area contributed by atoms with Crippen LogP contribution in [0.1, 0.15) is 27.0 Å². The van der Waals surface area contributed by atoms with Crippen molar-refractivity contribution in [3.63, 3.8) is 0 Å². The molecule has 0 aliphatic carbocycles. The first-order valence-corrected chi connectivity index (χ1v) is 12.2. The van der Waals surface area contributed by atoms with Crippen LogP contribution in [0.4, 0.5) is 0 Å². The van der Waals surface area contributed by atoms with E-state index in [4.69, 9.17) is 14.2 Å². The van der Waals surface area contributed by atoms with Gasteiger partial charge in [-0.15, -0.1) is 0 Å². The maximum atomic E-state index is 13.8. The third kappa shape index (κ3) is 5.63. The van der Waals surface area contributed by atoms with E-state index in [1.807, 2.05) is 31.2 Å². The Bertz CT molecular complexity index is 1570. The molecule has 9 heteroatoms. The molecule has 0 saturated carbocycles. The molecule has 0 unspecified atom stereocenters. The maximum Gasteiger partial charge on any atom is 0.332 e. The predicted molar refractivity (Wildman–Crippen MR) is 146 cm³/mol. The molecule has 1 aromatic heterocycles. The number of fused-ring (bicyclic) bond motifs is 1. The minimum absolute atomic E-state index is 0.0430. The number of carbonyl (C=O) groups excluding carboxylic acids is 1. The number of aryl methyl sites for hydroxylation is 1. The van der Waals surface area contributed by atoms with Gasteiger partial charge in [0, 0.05) is 25.3 Å². The third-order valence-corrected chi connectivity index (χ3v) is 6.30. The van der Waals surface area contributed by atoms with Crippen molar-refractivity contribution >= 4 is 16.8 Å². The van der Waals surface area contributed by atoms with Gasteiger partial charge in [0.1, 0.15) is 0 Å². The largest absolute Gasteiger partial charge is 0.493 e. The number of ether oxygens (including phenoxy) is 3. The van der Waals surface area contributed by atoms with Crippen LogP contribution in [0.15, 0.2) is 70.3 Å². The Kier molecular flexibility index (Phi) is 8.28. The quantitative estimate of drug-likeness (QED) is 0.325. The smallest absolute Gasteiger partial charge is 0.332 e. The van der Waals surface area contributed by atoms with E-state index >= 15 is 0 Å². The lowest BCUT2D eigenvalue weighted by Gasteiger charge is -2.17. The fraction of sp³-hybridized carbons (Fsp3) is 0.276. The van der Waals surface area contributed by atoms with Gasteiger partial charge in [-0.1, -0.05) is 42.0 Å². The summed E-state index contributed by atoms with van der Waals surface area (Å²) in [5.74, 6) is 0.597. The molecule has 0 spiro atoms. The minimum atomic E-state index is -0.447. The summed E-state index contributed by atoms with van der Waals surface area (Å²) in [4.78, 5) is 39.6. The first kappa shape index (κ1) is 26.7. The van der Waals surface area contributed by atoms with Gasteiger partial charge in [-0.3, -0.25) is 18.7 Å². The Hall–Kier alpha value is -4.37. The number of aromatic nitrogens is 2. The highest BCUT2D eigenvalue weighted by Crippen LogP contribution is 2.30. The Morgan fingerprint density at radius 1 is 0.842 bits per heavy atom. The molecule has 198 valence electrons. The molecular formula is C29H31N3O6. The van der Waals surface area contributed by atoms with Gasteiger partial charge in [-0.25, -0.2) is 4.79 Å². The Balaban J connectivity index is 1.79. The second-order valence-corrected chi connectivity index (χ2v) is 8.92.